The summed E-state index contributed by atoms with van der Waals surface area (Å²) in [5, 5.41) is 75.3. The number of hydrogen-bond acceptors (Lipinski definition) is 14. The lowest BCUT2D eigenvalue weighted by Gasteiger charge is -2.29. The molecule has 2 aliphatic rings. The third-order valence-electron chi connectivity index (χ3n) is 13.3. The fourth-order valence-corrected chi connectivity index (χ4v) is 8.34. The van der Waals surface area contributed by atoms with Crippen LogP contribution in [0.1, 0.15) is 90.2 Å². The Bertz CT molecular complexity index is 2380. The normalized spacial score (nSPS) is 20.9. The number of H-pyrrole nitrogens is 1. The monoisotopic (exact) mass is 1020 g/mol. The molecule has 12 atom stereocenters. The van der Waals surface area contributed by atoms with Gasteiger partial charge in [0, 0.05) is 45.8 Å². The highest BCUT2D eigenvalue weighted by molar-refractivity contribution is 5.91. The number of nitrogens with one attached hydrogen (secondary N) is 3. The standard InChI is InChI=1S/C26H36FN3O6.C26H39N5O6/c1-5-16(2)9-12-21(31)22(32)23(33)24(36-4)25(34)29-20-8-6-7-13-30(26(20)35)15-17-10-11-19(28-3)18(27)14-17;1-4-15(2)8-11-20(32)21(33)22(34)23(37-3)25(35)28-18-7-5-6-12-31(26(18)36)14-16-9-10-17-19(13-16)29-30-24(17)27/h9-12,14,16,20-24,31-33H,5-8,13,15H2,1-2,4H3,(H,29,34);8-11,13,15,18,20-23,32-34H,4-7,12,14H2,1-3H3,(H,28,35)(H3,27,29,30)/b12-9+;11-8+/t16?,20-,21+,22-,23+,24+;15?,18-,20+,21-,22+,23+/m00/s1. The van der Waals surface area contributed by atoms with Crippen molar-refractivity contribution in [2.24, 2.45) is 11.8 Å². The molecule has 73 heavy (non-hydrogen) atoms. The lowest BCUT2D eigenvalue weighted by Crippen LogP contribution is -2.55. The van der Waals surface area contributed by atoms with E-state index in [-0.39, 0.29) is 35.9 Å². The number of likely N-dealkylation sites (tertiary alicyclic amines) is 2. The van der Waals surface area contributed by atoms with Crippen LogP contribution in [0.25, 0.3) is 15.7 Å². The highest BCUT2D eigenvalue weighted by atomic mass is 19.1. The van der Waals surface area contributed by atoms with Crippen LogP contribution in [0.3, 0.4) is 0 Å². The number of halogens is 1. The minimum absolute atomic E-state index is 0.0991. The smallest absolute Gasteiger partial charge is 0.252 e. The predicted molar refractivity (Wildman–Crippen MR) is 270 cm³/mol. The number of anilines is 1. The number of carbonyl (C=O) groups is 4. The number of allylic oxidation sites excluding steroid dienone is 2. The van der Waals surface area contributed by atoms with Crippen molar-refractivity contribution in [3.05, 3.63) is 89.1 Å². The van der Waals surface area contributed by atoms with Gasteiger partial charge in [-0.25, -0.2) is 9.24 Å². The minimum atomic E-state index is -1.74. The number of aliphatic hydroxyl groups is 6. The fraction of sp³-hybridized carbons (Fsp3) is 0.577. The Hall–Kier alpha value is -5.83. The van der Waals surface area contributed by atoms with Crippen LogP contribution in [-0.4, -0.2) is 162 Å². The first-order valence-corrected chi connectivity index (χ1v) is 24.9. The molecule has 3 heterocycles. The quantitative estimate of drug-likeness (QED) is 0.0512. The molecular weight excluding hydrogens is 948 g/mol. The lowest BCUT2D eigenvalue weighted by atomic mass is 9.99. The fourth-order valence-electron chi connectivity index (χ4n) is 8.34. The van der Waals surface area contributed by atoms with Gasteiger partial charge >= 0.3 is 0 Å². The third-order valence-corrected chi connectivity index (χ3v) is 13.3. The average Bonchev–Trinajstić information content (AvgIpc) is 3.56. The summed E-state index contributed by atoms with van der Waals surface area (Å²) in [6, 6.07) is 8.10. The van der Waals surface area contributed by atoms with E-state index in [1.54, 1.807) is 23.1 Å². The Kier molecular flexibility index (Phi) is 23.9. The maximum absolute atomic E-state index is 14.0. The second kappa shape index (κ2) is 29.2. The van der Waals surface area contributed by atoms with Crippen LogP contribution in [-0.2, 0) is 41.7 Å². The van der Waals surface area contributed by atoms with E-state index in [1.165, 1.54) is 43.4 Å². The molecule has 2 fully saturated rings. The predicted octanol–water partition coefficient (Wildman–Crippen LogP) is 2.92. The molecule has 21 heteroatoms. The van der Waals surface area contributed by atoms with Crippen molar-refractivity contribution in [1.29, 1.82) is 0 Å². The first-order chi connectivity index (χ1) is 34.8. The van der Waals surface area contributed by atoms with Gasteiger partial charge in [0.05, 0.1) is 12.1 Å². The van der Waals surface area contributed by atoms with Gasteiger partial charge in [-0.3, -0.25) is 24.3 Å². The summed E-state index contributed by atoms with van der Waals surface area (Å²) in [6.45, 7) is 16.2. The molecule has 402 valence electrons. The molecule has 0 bridgehead atoms. The van der Waals surface area contributed by atoms with E-state index in [0.717, 1.165) is 42.1 Å². The number of hydrogen-bond donors (Lipinski definition) is 10. The van der Waals surface area contributed by atoms with Crippen molar-refractivity contribution in [3.8, 4) is 0 Å². The number of benzene rings is 2. The number of carbonyl (C=O) groups excluding carboxylic acids is 4. The number of methoxy groups -OCH3 is 2. The van der Waals surface area contributed by atoms with E-state index in [4.69, 9.17) is 21.8 Å². The highest BCUT2D eigenvalue weighted by Gasteiger charge is 2.39. The first-order valence-electron chi connectivity index (χ1n) is 24.9. The molecule has 3 aromatic rings. The first kappa shape index (κ1) is 59.7. The van der Waals surface area contributed by atoms with Crippen LogP contribution in [0.15, 0.2) is 60.7 Å². The summed E-state index contributed by atoms with van der Waals surface area (Å²) >= 11 is 0. The van der Waals surface area contributed by atoms with Gasteiger partial charge in [0.1, 0.15) is 54.5 Å². The van der Waals surface area contributed by atoms with Gasteiger partial charge < -0.3 is 66.3 Å². The van der Waals surface area contributed by atoms with Crippen LogP contribution in [0.2, 0.25) is 0 Å². The van der Waals surface area contributed by atoms with Crippen molar-refractivity contribution in [3.63, 3.8) is 0 Å². The number of rotatable bonds is 22. The zero-order valence-corrected chi connectivity index (χ0v) is 42.6. The Balaban J connectivity index is 0.000000317. The Morgan fingerprint density at radius 3 is 1.64 bits per heavy atom. The molecule has 20 nitrogen and oxygen atoms in total. The number of nitrogens with two attached hydrogens (primary N) is 1. The van der Waals surface area contributed by atoms with Gasteiger partial charge in [-0.15, -0.1) is 0 Å². The molecule has 0 aliphatic carbocycles. The average molecular weight is 1020 g/mol. The number of nitrogen functional groups attached to an aromatic ring is 1. The van der Waals surface area contributed by atoms with E-state index >= 15 is 0 Å². The summed E-state index contributed by atoms with van der Waals surface area (Å²) in [5.74, 6) is -2.04. The van der Waals surface area contributed by atoms with Crippen molar-refractivity contribution >= 4 is 46.0 Å². The number of aliphatic hydroxyl groups excluding tert-OH is 6. The number of fused-ring (bicyclic) bond motifs is 1. The van der Waals surface area contributed by atoms with E-state index < -0.39 is 78.5 Å². The van der Waals surface area contributed by atoms with Crippen LogP contribution >= 0.6 is 0 Å². The number of ether oxygens (including phenoxy) is 2. The Labute approximate surface area is 426 Å². The summed E-state index contributed by atoms with van der Waals surface area (Å²) in [7, 11) is 2.41. The molecule has 0 spiro atoms. The zero-order valence-electron chi connectivity index (χ0n) is 42.6. The second-order valence-electron chi connectivity index (χ2n) is 18.8. The number of nitrogens with zero attached hydrogens (tertiary/aromatic N) is 4. The highest BCUT2D eigenvalue weighted by Crippen LogP contribution is 2.24. The van der Waals surface area contributed by atoms with Gasteiger partial charge in [-0.2, -0.15) is 5.10 Å². The SMILES string of the molecule is CCC(C)/C=C/[C@@H](O)[C@H](O)[C@@H](O)[C@@H](OC)C(=O)N[C@H]1CCCCN(Cc2ccc3c(N)n[nH]c3c2)C1=O.[C-]#[N+]c1ccc(CN2CCCC[C@H](NC(=O)[C@H](OC)[C@H](O)[C@@H](O)[C@H](O)/C=C/C(C)CC)C2=O)cc1F. The molecule has 11 N–H and O–H groups in total. The third kappa shape index (κ3) is 16.8. The molecule has 5 rings (SSSR count). The van der Waals surface area contributed by atoms with Gasteiger partial charge in [-0.05, 0) is 79.7 Å². The minimum Gasteiger partial charge on any atom is -0.387 e. The summed E-state index contributed by atoms with van der Waals surface area (Å²) in [5.41, 5.74) is 7.93. The van der Waals surface area contributed by atoms with Gasteiger partial charge in [0.25, 0.3) is 11.8 Å². The van der Waals surface area contributed by atoms with Gasteiger partial charge in [0.2, 0.25) is 17.5 Å². The molecule has 0 radical (unpaired) electrons. The molecule has 2 aromatic carbocycles. The van der Waals surface area contributed by atoms with Crippen molar-refractivity contribution in [1.82, 2.24) is 30.6 Å². The van der Waals surface area contributed by atoms with E-state index in [1.807, 2.05) is 45.9 Å². The Morgan fingerprint density at radius 1 is 0.767 bits per heavy atom. The number of aromatic amines is 1. The van der Waals surface area contributed by atoms with Crippen molar-refractivity contribution in [2.45, 2.75) is 153 Å². The van der Waals surface area contributed by atoms with Crippen LogP contribution in [0, 0.1) is 24.2 Å². The van der Waals surface area contributed by atoms with Gasteiger partial charge in [0.15, 0.2) is 18.0 Å². The van der Waals surface area contributed by atoms with Gasteiger partial charge in [-0.1, -0.05) is 83.0 Å². The van der Waals surface area contributed by atoms with Crippen LogP contribution in [0.5, 0.6) is 0 Å². The summed E-state index contributed by atoms with van der Waals surface area (Å²) in [6.07, 6.45) is -1.03. The molecule has 1 aromatic heterocycles. The van der Waals surface area contributed by atoms with Crippen molar-refractivity contribution < 1.29 is 63.7 Å². The molecule has 4 amide bonds. The second-order valence-corrected chi connectivity index (χ2v) is 18.8. The Morgan fingerprint density at radius 2 is 1.22 bits per heavy atom. The van der Waals surface area contributed by atoms with Crippen molar-refractivity contribution in [2.75, 3.05) is 33.0 Å². The lowest BCUT2D eigenvalue weighted by molar-refractivity contribution is -0.152. The maximum atomic E-state index is 14.0. The van der Waals surface area contributed by atoms with E-state index in [9.17, 15) is 54.2 Å². The molecular formula is C52H75FN8O12. The summed E-state index contributed by atoms with van der Waals surface area (Å²) < 4.78 is 24.3. The number of amides is 4. The molecule has 2 unspecified atom stereocenters. The maximum Gasteiger partial charge on any atom is 0.252 e. The molecule has 2 aliphatic heterocycles. The molecule has 0 saturated carbocycles. The number of aromatic nitrogens is 2. The molecule has 2 saturated heterocycles. The van der Waals surface area contributed by atoms with Crippen LogP contribution < -0.4 is 16.4 Å². The van der Waals surface area contributed by atoms with Crippen LogP contribution in [0.4, 0.5) is 15.9 Å². The largest absolute Gasteiger partial charge is 0.387 e. The van der Waals surface area contributed by atoms with E-state index in [0.29, 0.717) is 56.7 Å². The van der Waals surface area contributed by atoms with E-state index in [2.05, 4.69) is 25.7 Å². The zero-order chi connectivity index (χ0) is 53.9. The summed E-state index contributed by atoms with van der Waals surface area (Å²) in [4.78, 5) is 58.7. The topological polar surface area (TPSA) is 298 Å².